The van der Waals surface area contributed by atoms with Gasteiger partial charge in [0.1, 0.15) is 12.6 Å². The number of halogens is 1. The van der Waals surface area contributed by atoms with Crippen LogP contribution in [0.25, 0.3) is 0 Å². The number of sulfonamides is 1. The Kier molecular flexibility index (Phi) is 9.94. The zero-order valence-corrected chi connectivity index (χ0v) is 23.7. The van der Waals surface area contributed by atoms with Gasteiger partial charge in [-0.25, -0.2) is 8.42 Å². The SMILES string of the molecule is CC[C@H](C(=O)NC(C)C)N(Cc1ccc(Cl)cc1)C(=O)CN(c1cccc(C)c1)S(=O)(=O)c1ccccc1. The van der Waals surface area contributed by atoms with Crippen molar-refractivity contribution in [3.8, 4) is 0 Å². The van der Waals surface area contributed by atoms with Crippen LogP contribution in [-0.2, 0) is 26.2 Å². The fraction of sp³-hybridized carbons (Fsp3) is 0.310. The highest BCUT2D eigenvalue weighted by Gasteiger charge is 2.33. The van der Waals surface area contributed by atoms with E-state index in [4.69, 9.17) is 11.6 Å². The molecule has 0 spiro atoms. The molecule has 0 radical (unpaired) electrons. The zero-order chi connectivity index (χ0) is 27.9. The molecule has 0 heterocycles. The highest BCUT2D eigenvalue weighted by molar-refractivity contribution is 7.92. The van der Waals surface area contributed by atoms with Gasteiger partial charge in [0.25, 0.3) is 10.0 Å². The molecule has 2 amide bonds. The second-order valence-electron chi connectivity index (χ2n) is 9.40. The van der Waals surface area contributed by atoms with Crippen LogP contribution in [0.3, 0.4) is 0 Å². The lowest BCUT2D eigenvalue weighted by atomic mass is 10.1. The van der Waals surface area contributed by atoms with Gasteiger partial charge in [-0.15, -0.1) is 0 Å². The number of hydrogen-bond acceptors (Lipinski definition) is 4. The second-order valence-corrected chi connectivity index (χ2v) is 11.7. The van der Waals surface area contributed by atoms with E-state index in [1.807, 2.05) is 33.8 Å². The summed E-state index contributed by atoms with van der Waals surface area (Å²) in [5, 5.41) is 3.44. The molecule has 202 valence electrons. The molecule has 0 unspecified atom stereocenters. The molecule has 0 aliphatic heterocycles. The quantitative estimate of drug-likeness (QED) is 0.353. The van der Waals surface area contributed by atoms with Crippen molar-refractivity contribution in [3.05, 3.63) is 95.0 Å². The summed E-state index contributed by atoms with van der Waals surface area (Å²) < 4.78 is 28.7. The van der Waals surface area contributed by atoms with Gasteiger partial charge in [-0.05, 0) is 74.7 Å². The Hall–Kier alpha value is -3.36. The average Bonchev–Trinajstić information content (AvgIpc) is 2.88. The fourth-order valence-electron chi connectivity index (χ4n) is 4.12. The number of aryl methyl sites for hydroxylation is 1. The van der Waals surface area contributed by atoms with Crippen LogP contribution in [-0.4, -0.2) is 43.8 Å². The lowest BCUT2D eigenvalue weighted by Gasteiger charge is -2.33. The molecule has 0 aromatic heterocycles. The number of benzene rings is 3. The monoisotopic (exact) mass is 555 g/mol. The van der Waals surface area contributed by atoms with Gasteiger partial charge in [-0.2, -0.15) is 0 Å². The maximum atomic E-state index is 14.0. The van der Waals surface area contributed by atoms with E-state index in [1.165, 1.54) is 17.0 Å². The van der Waals surface area contributed by atoms with Crippen LogP contribution in [0.1, 0.15) is 38.3 Å². The standard InChI is InChI=1S/C29H34ClN3O4S/c1-5-27(29(35)31-21(2)3)32(19-23-14-16-24(30)17-15-23)28(34)20-33(25-11-9-10-22(4)18-25)38(36,37)26-12-7-6-8-13-26/h6-18,21,27H,5,19-20H2,1-4H3,(H,31,35)/t27-/m1/s1. The van der Waals surface area contributed by atoms with Crippen LogP contribution in [0.15, 0.2) is 83.8 Å². The molecule has 0 bridgehead atoms. The smallest absolute Gasteiger partial charge is 0.264 e. The van der Waals surface area contributed by atoms with E-state index in [2.05, 4.69) is 5.32 Å². The molecule has 9 heteroatoms. The van der Waals surface area contributed by atoms with E-state index in [0.29, 0.717) is 17.1 Å². The average molecular weight is 556 g/mol. The van der Waals surface area contributed by atoms with Crippen LogP contribution in [0, 0.1) is 6.92 Å². The summed E-state index contributed by atoms with van der Waals surface area (Å²) in [6.45, 7) is 7.02. The summed E-state index contributed by atoms with van der Waals surface area (Å²) >= 11 is 6.05. The number of hydrogen-bond donors (Lipinski definition) is 1. The van der Waals surface area contributed by atoms with Crippen molar-refractivity contribution in [2.24, 2.45) is 0 Å². The van der Waals surface area contributed by atoms with Crippen LogP contribution in [0.2, 0.25) is 5.02 Å². The normalized spacial score (nSPS) is 12.2. The second kappa shape index (κ2) is 12.9. The molecule has 3 aromatic carbocycles. The van der Waals surface area contributed by atoms with Crippen molar-refractivity contribution in [1.82, 2.24) is 10.2 Å². The zero-order valence-electron chi connectivity index (χ0n) is 22.1. The number of anilines is 1. The number of carbonyl (C=O) groups excluding carboxylic acids is 2. The van der Waals surface area contributed by atoms with Gasteiger partial charge in [-0.3, -0.25) is 13.9 Å². The van der Waals surface area contributed by atoms with Gasteiger partial charge >= 0.3 is 0 Å². The van der Waals surface area contributed by atoms with E-state index in [1.54, 1.807) is 60.7 Å². The predicted octanol–water partition coefficient (Wildman–Crippen LogP) is 5.18. The Morgan fingerprint density at radius 1 is 0.947 bits per heavy atom. The van der Waals surface area contributed by atoms with Crippen LogP contribution < -0.4 is 9.62 Å². The summed E-state index contributed by atoms with van der Waals surface area (Å²) in [6, 6.07) is 21.1. The largest absolute Gasteiger partial charge is 0.352 e. The predicted molar refractivity (Wildman–Crippen MR) is 152 cm³/mol. The summed E-state index contributed by atoms with van der Waals surface area (Å²) in [7, 11) is -4.08. The van der Waals surface area contributed by atoms with Crippen LogP contribution in [0.4, 0.5) is 5.69 Å². The molecule has 0 fully saturated rings. The highest BCUT2D eigenvalue weighted by Crippen LogP contribution is 2.25. The number of nitrogens with one attached hydrogen (secondary N) is 1. The number of amides is 2. The number of nitrogens with zero attached hydrogens (tertiary/aromatic N) is 2. The first kappa shape index (κ1) is 29.2. The number of carbonyl (C=O) groups is 2. The van der Waals surface area contributed by atoms with Crippen molar-refractivity contribution in [2.45, 2.75) is 57.6 Å². The minimum atomic E-state index is -4.08. The first-order valence-electron chi connectivity index (χ1n) is 12.5. The van der Waals surface area contributed by atoms with Crippen molar-refractivity contribution >= 4 is 39.1 Å². The lowest BCUT2D eigenvalue weighted by Crippen LogP contribution is -2.53. The third-order valence-electron chi connectivity index (χ3n) is 5.98. The molecule has 3 rings (SSSR count). The fourth-order valence-corrected chi connectivity index (χ4v) is 5.67. The third kappa shape index (κ3) is 7.36. The first-order valence-corrected chi connectivity index (χ1v) is 14.3. The van der Waals surface area contributed by atoms with E-state index in [-0.39, 0.29) is 23.4 Å². The molecule has 0 saturated heterocycles. The molecule has 1 N–H and O–H groups in total. The van der Waals surface area contributed by atoms with E-state index >= 15 is 0 Å². The molecule has 0 saturated carbocycles. The summed E-state index contributed by atoms with van der Waals surface area (Å²) in [6.07, 6.45) is 0.355. The maximum Gasteiger partial charge on any atom is 0.264 e. The van der Waals surface area contributed by atoms with Crippen LogP contribution in [0.5, 0.6) is 0 Å². The van der Waals surface area contributed by atoms with E-state index in [9.17, 15) is 18.0 Å². The molecule has 3 aromatic rings. The van der Waals surface area contributed by atoms with Gasteiger partial charge < -0.3 is 10.2 Å². The molecule has 1 atom stereocenters. The topological polar surface area (TPSA) is 86.8 Å². The Morgan fingerprint density at radius 2 is 1.61 bits per heavy atom. The Morgan fingerprint density at radius 3 is 2.18 bits per heavy atom. The van der Waals surface area contributed by atoms with E-state index < -0.39 is 28.5 Å². The van der Waals surface area contributed by atoms with Gasteiger partial charge in [0.05, 0.1) is 10.6 Å². The molecule has 7 nitrogen and oxygen atoms in total. The van der Waals surface area contributed by atoms with Crippen molar-refractivity contribution in [3.63, 3.8) is 0 Å². The molecular formula is C29H34ClN3O4S. The van der Waals surface area contributed by atoms with E-state index in [0.717, 1.165) is 15.4 Å². The maximum absolute atomic E-state index is 14.0. The third-order valence-corrected chi connectivity index (χ3v) is 8.02. The van der Waals surface area contributed by atoms with Gasteiger partial charge in [0.2, 0.25) is 11.8 Å². The minimum Gasteiger partial charge on any atom is -0.352 e. The Balaban J connectivity index is 2.05. The first-order chi connectivity index (χ1) is 18.0. The lowest BCUT2D eigenvalue weighted by molar-refractivity contribution is -0.140. The molecule has 38 heavy (non-hydrogen) atoms. The summed E-state index contributed by atoms with van der Waals surface area (Å²) in [4.78, 5) is 28.6. The van der Waals surface area contributed by atoms with Crippen molar-refractivity contribution in [2.75, 3.05) is 10.8 Å². The Labute approximate surface area is 230 Å². The summed E-state index contributed by atoms with van der Waals surface area (Å²) in [5.74, 6) is -0.787. The highest BCUT2D eigenvalue weighted by atomic mass is 35.5. The number of rotatable bonds is 11. The molecule has 0 aliphatic carbocycles. The molecular weight excluding hydrogens is 522 g/mol. The molecule has 0 aliphatic rings. The summed E-state index contributed by atoms with van der Waals surface area (Å²) in [5.41, 5.74) is 1.99. The van der Waals surface area contributed by atoms with Gasteiger partial charge in [-0.1, -0.05) is 61.0 Å². The van der Waals surface area contributed by atoms with Crippen LogP contribution >= 0.6 is 11.6 Å². The van der Waals surface area contributed by atoms with Gasteiger partial charge in [0.15, 0.2) is 0 Å². The van der Waals surface area contributed by atoms with Crippen molar-refractivity contribution < 1.29 is 18.0 Å². The Bertz CT molecular complexity index is 1350. The van der Waals surface area contributed by atoms with Crippen molar-refractivity contribution in [1.29, 1.82) is 0 Å². The minimum absolute atomic E-state index is 0.0724. The van der Waals surface area contributed by atoms with Gasteiger partial charge in [0, 0.05) is 17.6 Å².